The second-order valence-corrected chi connectivity index (χ2v) is 5.43. The van der Waals surface area contributed by atoms with Crippen LogP contribution >= 0.6 is 0 Å². The zero-order chi connectivity index (χ0) is 13.1. The van der Waals surface area contributed by atoms with Crippen molar-refractivity contribution in [2.45, 2.75) is 27.2 Å². The van der Waals surface area contributed by atoms with Crippen molar-refractivity contribution in [3.8, 4) is 5.75 Å². The molecule has 2 N–H and O–H groups in total. The molecule has 0 bridgehead atoms. The molecule has 0 aliphatic carbocycles. The minimum atomic E-state index is 0.723. The zero-order valence-corrected chi connectivity index (χ0v) is 11.6. The summed E-state index contributed by atoms with van der Waals surface area (Å²) in [5.74, 6) is 2.33. The van der Waals surface area contributed by atoms with Crippen molar-refractivity contribution in [3.63, 3.8) is 0 Å². The molecular formula is C15H24N2O. The first-order valence-electron chi connectivity index (χ1n) is 6.89. The quantitative estimate of drug-likeness (QED) is 0.832. The molecule has 3 nitrogen and oxygen atoms in total. The van der Waals surface area contributed by atoms with Crippen LogP contribution in [0.25, 0.3) is 0 Å². The maximum Gasteiger partial charge on any atom is 0.144 e. The van der Waals surface area contributed by atoms with Crippen LogP contribution < -0.4 is 15.4 Å². The Hall–Kier alpha value is -1.38. The minimum Gasteiger partial charge on any atom is -0.491 e. The maximum absolute atomic E-state index is 5.94. The van der Waals surface area contributed by atoms with Crippen molar-refractivity contribution >= 4 is 11.4 Å². The molecule has 1 aromatic rings. The van der Waals surface area contributed by atoms with E-state index in [1.165, 1.54) is 5.69 Å². The first-order chi connectivity index (χ1) is 8.61. The molecule has 1 heterocycles. The van der Waals surface area contributed by atoms with Crippen molar-refractivity contribution in [3.05, 3.63) is 18.2 Å². The van der Waals surface area contributed by atoms with Gasteiger partial charge in [-0.3, -0.25) is 0 Å². The summed E-state index contributed by atoms with van der Waals surface area (Å²) in [6.45, 7) is 9.70. The smallest absolute Gasteiger partial charge is 0.144 e. The van der Waals surface area contributed by atoms with Gasteiger partial charge in [0.15, 0.2) is 0 Å². The molecule has 0 radical (unpaired) electrons. The molecule has 3 heteroatoms. The molecule has 1 saturated heterocycles. The Balaban J connectivity index is 2.14. The monoisotopic (exact) mass is 248 g/mol. The number of ether oxygens (including phenoxy) is 1. The van der Waals surface area contributed by atoms with Crippen LogP contribution in [-0.2, 0) is 0 Å². The molecule has 18 heavy (non-hydrogen) atoms. The molecule has 0 aromatic heterocycles. The minimum absolute atomic E-state index is 0.723. The van der Waals surface area contributed by atoms with Gasteiger partial charge in [-0.1, -0.05) is 20.8 Å². The van der Waals surface area contributed by atoms with Gasteiger partial charge in [-0.2, -0.15) is 0 Å². The van der Waals surface area contributed by atoms with Gasteiger partial charge < -0.3 is 15.4 Å². The van der Waals surface area contributed by atoms with Crippen molar-refractivity contribution < 1.29 is 4.74 Å². The normalized spacial score (nSPS) is 23.4. The number of nitrogens with two attached hydrogens (primary N) is 1. The first-order valence-corrected chi connectivity index (χ1v) is 6.89. The summed E-state index contributed by atoms with van der Waals surface area (Å²) >= 11 is 0. The second kappa shape index (κ2) is 5.51. The predicted molar refractivity (Wildman–Crippen MR) is 77.2 cm³/mol. The summed E-state index contributed by atoms with van der Waals surface area (Å²) in [6.07, 6.45) is 1.00. The van der Waals surface area contributed by atoms with Gasteiger partial charge in [-0.05, 0) is 30.4 Å². The van der Waals surface area contributed by atoms with E-state index in [1.54, 1.807) is 0 Å². The van der Waals surface area contributed by atoms with E-state index in [4.69, 9.17) is 10.5 Å². The van der Waals surface area contributed by atoms with E-state index in [1.807, 2.05) is 6.07 Å². The largest absolute Gasteiger partial charge is 0.491 e. The Morgan fingerprint density at radius 2 is 1.94 bits per heavy atom. The van der Waals surface area contributed by atoms with Gasteiger partial charge in [0.25, 0.3) is 0 Å². The van der Waals surface area contributed by atoms with Crippen molar-refractivity contribution in [2.24, 2.45) is 11.8 Å². The summed E-state index contributed by atoms with van der Waals surface area (Å²) in [5.41, 5.74) is 7.90. The highest BCUT2D eigenvalue weighted by molar-refractivity contribution is 5.62. The Labute approximate surface area is 110 Å². The molecule has 2 unspecified atom stereocenters. The Morgan fingerprint density at radius 3 is 2.56 bits per heavy atom. The third kappa shape index (κ3) is 2.71. The lowest BCUT2D eigenvalue weighted by Crippen LogP contribution is -2.19. The van der Waals surface area contributed by atoms with E-state index in [2.05, 4.69) is 37.8 Å². The Morgan fingerprint density at radius 1 is 1.28 bits per heavy atom. The van der Waals surface area contributed by atoms with Gasteiger partial charge in [0.05, 0.1) is 12.3 Å². The average molecular weight is 248 g/mol. The van der Waals surface area contributed by atoms with E-state index < -0.39 is 0 Å². The van der Waals surface area contributed by atoms with Crippen molar-refractivity contribution in [1.82, 2.24) is 0 Å². The summed E-state index contributed by atoms with van der Waals surface area (Å²) < 4.78 is 5.69. The fourth-order valence-corrected chi connectivity index (χ4v) is 2.40. The van der Waals surface area contributed by atoms with Crippen LogP contribution in [0, 0.1) is 11.8 Å². The van der Waals surface area contributed by atoms with Crippen LogP contribution in [0.5, 0.6) is 5.75 Å². The molecule has 1 fully saturated rings. The topological polar surface area (TPSA) is 38.5 Å². The van der Waals surface area contributed by atoms with E-state index in [9.17, 15) is 0 Å². The summed E-state index contributed by atoms with van der Waals surface area (Å²) in [6, 6.07) is 6.13. The van der Waals surface area contributed by atoms with Crippen molar-refractivity contribution in [2.75, 3.05) is 30.3 Å². The maximum atomic E-state index is 5.94. The number of hydrogen-bond acceptors (Lipinski definition) is 3. The van der Waals surface area contributed by atoms with E-state index in [-0.39, 0.29) is 0 Å². The number of benzene rings is 1. The predicted octanol–water partition coefficient (Wildman–Crippen LogP) is 3.15. The lowest BCUT2D eigenvalue weighted by atomic mass is 10.0. The van der Waals surface area contributed by atoms with Crippen LogP contribution in [0.15, 0.2) is 18.2 Å². The molecule has 1 aliphatic rings. The van der Waals surface area contributed by atoms with Gasteiger partial charge in [0.2, 0.25) is 0 Å². The highest BCUT2D eigenvalue weighted by Crippen LogP contribution is 2.32. The molecule has 2 rings (SSSR count). The SMILES string of the molecule is CCCOc1cc(N2CC(C)C(C)C2)ccc1N. The lowest BCUT2D eigenvalue weighted by Gasteiger charge is -2.20. The highest BCUT2D eigenvalue weighted by Gasteiger charge is 2.26. The molecule has 0 saturated carbocycles. The zero-order valence-electron chi connectivity index (χ0n) is 11.6. The van der Waals surface area contributed by atoms with E-state index in [0.29, 0.717) is 0 Å². The number of nitrogens with zero attached hydrogens (tertiary/aromatic N) is 1. The number of anilines is 2. The Kier molecular flexibility index (Phi) is 4.00. The standard InChI is InChI=1S/C15H24N2O/c1-4-7-18-15-8-13(5-6-14(15)16)17-9-11(2)12(3)10-17/h5-6,8,11-12H,4,7,9-10,16H2,1-3H3. The van der Waals surface area contributed by atoms with Gasteiger partial charge >= 0.3 is 0 Å². The van der Waals surface area contributed by atoms with E-state index in [0.717, 1.165) is 49.4 Å². The summed E-state index contributed by atoms with van der Waals surface area (Å²) in [7, 11) is 0. The number of rotatable bonds is 4. The third-order valence-corrected chi connectivity index (χ3v) is 3.81. The second-order valence-electron chi connectivity index (χ2n) is 5.43. The first kappa shape index (κ1) is 13.1. The van der Waals surface area contributed by atoms with E-state index >= 15 is 0 Å². The van der Waals surface area contributed by atoms with Crippen molar-refractivity contribution in [1.29, 1.82) is 0 Å². The van der Waals surface area contributed by atoms with Crippen LogP contribution in [0.1, 0.15) is 27.2 Å². The molecule has 100 valence electrons. The summed E-state index contributed by atoms with van der Waals surface area (Å²) in [5, 5.41) is 0. The van der Waals surface area contributed by atoms with Gasteiger partial charge in [0, 0.05) is 24.8 Å². The molecule has 0 spiro atoms. The fraction of sp³-hybridized carbons (Fsp3) is 0.600. The fourth-order valence-electron chi connectivity index (χ4n) is 2.40. The highest BCUT2D eigenvalue weighted by atomic mass is 16.5. The number of nitrogen functional groups attached to an aromatic ring is 1. The molecule has 0 amide bonds. The van der Waals surface area contributed by atoms with Crippen LogP contribution in [-0.4, -0.2) is 19.7 Å². The molecule has 2 atom stereocenters. The molecule has 1 aliphatic heterocycles. The average Bonchev–Trinajstić information content (AvgIpc) is 2.69. The van der Waals surface area contributed by atoms with Crippen LogP contribution in [0.3, 0.4) is 0 Å². The molecule has 1 aromatic carbocycles. The van der Waals surface area contributed by atoms with Gasteiger partial charge in [-0.15, -0.1) is 0 Å². The van der Waals surface area contributed by atoms with Crippen LogP contribution in [0.4, 0.5) is 11.4 Å². The Bertz CT molecular complexity index is 395. The summed E-state index contributed by atoms with van der Waals surface area (Å²) in [4.78, 5) is 2.42. The van der Waals surface area contributed by atoms with Gasteiger partial charge in [0.1, 0.15) is 5.75 Å². The van der Waals surface area contributed by atoms with Crippen LogP contribution in [0.2, 0.25) is 0 Å². The third-order valence-electron chi connectivity index (χ3n) is 3.81. The molecular weight excluding hydrogens is 224 g/mol. The lowest BCUT2D eigenvalue weighted by molar-refractivity contribution is 0.319. The van der Waals surface area contributed by atoms with Gasteiger partial charge in [-0.25, -0.2) is 0 Å². The number of hydrogen-bond donors (Lipinski definition) is 1.